The summed E-state index contributed by atoms with van der Waals surface area (Å²) in [7, 11) is -3.75. The van der Waals surface area contributed by atoms with Crippen LogP contribution in [0.15, 0.2) is 18.3 Å². The zero-order chi connectivity index (χ0) is 13.3. The summed E-state index contributed by atoms with van der Waals surface area (Å²) in [6.45, 7) is -0.297. The topological polar surface area (TPSA) is 114 Å². The number of nitrogens with zero attached hydrogens (tertiary/aromatic N) is 2. The molecule has 1 atom stereocenters. The molecule has 1 aromatic rings. The number of amides is 1. The minimum absolute atomic E-state index is 0.0261. The molecule has 7 nitrogen and oxygen atoms in total. The van der Waals surface area contributed by atoms with Crippen LogP contribution < -0.4 is 10.0 Å². The van der Waals surface area contributed by atoms with Crippen molar-refractivity contribution in [2.45, 2.75) is 18.3 Å². The van der Waals surface area contributed by atoms with Crippen molar-refractivity contribution in [2.24, 2.45) is 5.14 Å². The van der Waals surface area contributed by atoms with E-state index in [-0.39, 0.29) is 31.3 Å². The van der Waals surface area contributed by atoms with Crippen LogP contribution in [0.4, 0.5) is 5.82 Å². The first-order valence-corrected chi connectivity index (χ1v) is 6.91. The van der Waals surface area contributed by atoms with Crippen LogP contribution in [0.2, 0.25) is 0 Å². The van der Waals surface area contributed by atoms with E-state index in [1.54, 1.807) is 12.1 Å². The van der Waals surface area contributed by atoms with E-state index < -0.39 is 15.3 Å². The first kappa shape index (κ1) is 12.9. The molecule has 3 N–H and O–H groups in total. The summed E-state index contributed by atoms with van der Waals surface area (Å²) >= 11 is 0. The molecule has 1 amide bonds. The molecule has 0 bridgehead atoms. The van der Waals surface area contributed by atoms with Gasteiger partial charge in [-0.15, -0.1) is 0 Å². The highest BCUT2D eigenvalue weighted by atomic mass is 32.2. The van der Waals surface area contributed by atoms with Gasteiger partial charge in [0.2, 0.25) is 15.9 Å². The number of nitrogens with two attached hydrogens (primary N) is 1. The Morgan fingerprint density at radius 1 is 1.56 bits per heavy atom. The van der Waals surface area contributed by atoms with Crippen LogP contribution in [-0.2, 0) is 21.4 Å². The van der Waals surface area contributed by atoms with E-state index in [1.807, 2.05) is 0 Å². The first-order valence-electron chi connectivity index (χ1n) is 5.30. The van der Waals surface area contributed by atoms with Crippen molar-refractivity contribution in [1.82, 2.24) is 4.98 Å². The summed E-state index contributed by atoms with van der Waals surface area (Å²) in [5.74, 6) is -0.0708. The summed E-state index contributed by atoms with van der Waals surface area (Å²) < 4.78 is 22.5. The monoisotopic (exact) mass is 271 g/mol. The maximum Gasteiger partial charge on any atom is 0.229 e. The molecule has 0 aliphatic carbocycles. The molecule has 0 saturated carbocycles. The van der Waals surface area contributed by atoms with E-state index in [0.717, 1.165) is 0 Å². The summed E-state index contributed by atoms with van der Waals surface area (Å²) in [6.07, 6.45) is 1.33. The van der Waals surface area contributed by atoms with Gasteiger partial charge in [-0.3, -0.25) is 9.69 Å². The van der Waals surface area contributed by atoms with Gasteiger partial charge in [0.05, 0.1) is 6.61 Å². The van der Waals surface area contributed by atoms with Crippen molar-refractivity contribution in [3.63, 3.8) is 0 Å². The van der Waals surface area contributed by atoms with E-state index in [0.29, 0.717) is 5.56 Å². The number of aliphatic hydroxyl groups is 1. The number of carbonyl (C=O) groups is 1. The number of hydrogen-bond acceptors (Lipinski definition) is 5. The fourth-order valence-electron chi connectivity index (χ4n) is 1.90. The molecular formula is C10H13N3O4S. The molecule has 8 heteroatoms. The Hall–Kier alpha value is -1.51. The number of rotatable bonds is 3. The van der Waals surface area contributed by atoms with Gasteiger partial charge in [-0.2, -0.15) is 0 Å². The zero-order valence-corrected chi connectivity index (χ0v) is 10.3. The Morgan fingerprint density at radius 3 is 2.83 bits per heavy atom. The zero-order valence-electron chi connectivity index (χ0n) is 9.48. The van der Waals surface area contributed by atoms with Crippen molar-refractivity contribution in [3.8, 4) is 0 Å². The number of aromatic nitrogens is 1. The molecule has 1 unspecified atom stereocenters. The third kappa shape index (κ3) is 2.35. The fourth-order valence-corrected chi connectivity index (χ4v) is 2.63. The lowest BCUT2D eigenvalue weighted by atomic mass is 10.2. The van der Waals surface area contributed by atoms with Crippen molar-refractivity contribution in [3.05, 3.63) is 23.9 Å². The highest BCUT2D eigenvalue weighted by Gasteiger charge is 2.38. The van der Waals surface area contributed by atoms with E-state index in [1.165, 1.54) is 11.1 Å². The second-order valence-electron chi connectivity index (χ2n) is 4.06. The van der Waals surface area contributed by atoms with Gasteiger partial charge < -0.3 is 5.11 Å². The van der Waals surface area contributed by atoms with Crippen LogP contribution in [0.3, 0.4) is 0 Å². The van der Waals surface area contributed by atoms with E-state index >= 15 is 0 Å². The molecule has 1 aromatic heterocycles. The molecule has 1 aliphatic heterocycles. The van der Waals surface area contributed by atoms with Gasteiger partial charge in [0.25, 0.3) is 0 Å². The van der Waals surface area contributed by atoms with Crippen LogP contribution >= 0.6 is 0 Å². The average Bonchev–Trinajstić information content (AvgIpc) is 2.71. The van der Waals surface area contributed by atoms with Gasteiger partial charge in [0.1, 0.15) is 11.1 Å². The second kappa shape index (κ2) is 4.63. The third-order valence-corrected chi connectivity index (χ3v) is 4.09. The lowest BCUT2D eigenvalue weighted by Crippen LogP contribution is -2.32. The number of hydrogen-bond donors (Lipinski definition) is 2. The standard InChI is InChI=1S/C10H13N3O4S/c11-18(16,17)8-4-9(15)13(5-8)10-7(6-14)2-1-3-12-10/h1-3,8,14H,4-6H2,(H2,11,16,17). The van der Waals surface area contributed by atoms with Crippen LogP contribution in [-0.4, -0.2) is 36.2 Å². The van der Waals surface area contributed by atoms with Crippen LogP contribution in [0.5, 0.6) is 0 Å². The maximum atomic E-state index is 11.8. The normalized spacial score (nSPS) is 20.4. The molecule has 1 fully saturated rings. The summed E-state index contributed by atoms with van der Waals surface area (Å²) in [4.78, 5) is 17.0. The number of anilines is 1. The first-order chi connectivity index (χ1) is 8.43. The van der Waals surface area contributed by atoms with Crippen LogP contribution in [0.25, 0.3) is 0 Å². The number of primary sulfonamides is 1. The summed E-state index contributed by atoms with van der Waals surface area (Å²) in [5.41, 5.74) is 0.473. The Labute approximate surface area is 104 Å². The van der Waals surface area contributed by atoms with Crippen LogP contribution in [0, 0.1) is 0 Å². The molecular weight excluding hydrogens is 258 g/mol. The molecule has 2 heterocycles. The molecule has 18 heavy (non-hydrogen) atoms. The van der Waals surface area contributed by atoms with Gasteiger partial charge >= 0.3 is 0 Å². The SMILES string of the molecule is NS(=O)(=O)C1CC(=O)N(c2ncccc2CO)C1. The van der Waals surface area contributed by atoms with Crippen molar-refractivity contribution in [1.29, 1.82) is 0 Å². The predicted molar refractivity (Wildman–Crippen MR) is 64.0 cm³/mol. The van der Waals surface area contributed by atoms with Crippen molar-refractivity contribution >= 4 is 21.7 Å². The fraction of sp³-hybridized carbons (Fsp3) is 0.400. The predicted octanol–water partition coefficient (Wildman–Crippen LogP) is -1.03. The molecule has 98 valence electrons. The lowest BCUT2D eigenvalue weighted by Gasteiger charge is -2.17. The largest absolute Gasteiger partial charge is 0.392 e. The van der Waals surface area contributed by atoms with Gasteiger partial charge in [-0.25, -0.2) is 18.5 Å². The maximum absolute atomic E-state index is 11.8. The number of pyridine rings is 1. The molecule has 1 saturated heterocycles. The van der Waals surface area contributed by atoms with Gasteiger partial charge in [0, 0.05) is 24.7 Å². The lowest BCUT2D eigenvalue weighted by molar-refractivity contribution is -0.117. The van der Waals surface area contributed by atoms with Gasteiger partial charge in [-0.1, -0.05) is 6.07 Å². The van der Waals surface area contributed by atoms with E-state index in [4.69, 9.17) is 10.2 Å². The summed E-state index contributed by atoms with van der Waals surface area (Å²) in [5, 5.41) is 13.3. The Bertz CT molecular complexity index is 572. The smallest absolute Gasteiger partial charge is 0.229 e. The van der Waals surface area contributed by atoms with Crippen molar-refractivity contribution < 1.29 is 18.3 Å². The van der Waals surface area contributed by atoms with Crippen molar-refractivity contribution in [2.75, 3.05) is 11.4 Å². The molecule has 1 aliphatic rings. The van der Waals surface area contributed by atoms with E-state index in [9.17, 15) is 13.2 Å². The Balaban J connectivity index is 2.33. The minimum Gasteiger partial charge on any atom is -0.392 e. The van der Waals surface area contributed by atoms with E-state index in [2.05, 4.69) is 4.98 Å². The summed E-state index contributed by atoms with van der Waals surface area (Å²) in [6, 6.07) is 3.26. The molecule has 0 spiro atoms. The number of carbonyl (C=O) groups excluding carboxylic acids is 1. The molecule has 2 rings (SSSR count). The van der Waals surface area contributed by atoms with Gasteiger partial charge in [0.15, 0.2) is 0 Å². The number of aliphatic hydroxyl groups excluding tert-OH is 1. The Kier molecular flexibility index (Phi) is 3.33. The number of sulfonamides is 1. The Morgan fingerprint density at radius 2 is 2.28 bits per heavy atom. The van der Waals surface area contributed by atoms with Gasteiger partial charge in [-0.05, 0) is 6.07 Å². The highest BCUT2D eigenvalue weighted by molar-refractivity contribution is 7.89. The third-order valence-electron chi connectivity index (χ3n) is 2.85. The highest BCUT2D eigenvalue weighted by Crippen LogP contribution is 2.25. The molecule has 0 radical (unpaired) electrons. The minimum atomic E-state index is -3.75. The average molecular weight is 271 g/mol. The molecule has 0 aromatic carbocycles. The quantitative estimate of drug-likeness (QED) is 0.729. The second-order valence-corrected chi connectivity index (χ2v) is 5.91. The van der Waals surface area contributed by atoms with Crippen LogP contribution in [0.1, 0.15) is 12.0 Å².